The Labute approximate surface area is 168 Å². The molecule has 7 heteroatoms. The van der Waals surface area contributed by atoms with Crippen LogP contribution in [0.1, 0.15) is 29.1 Å². The van der Waals surface area contributed by atoms with Gasteiger partial charge in [0.15, 0.2) is 5.13 Å². The standard InChI is InChI=1S/C21H23N5OS/c1-15-23-19(13-20(24-15)26-11-9-17(27)10-12-26)25-21-22-14-18(28-21)8-7-16-5-3-2-4-6-16/h2-8,13-14,17,27H,9-12H2,1H3,(H,22,23,24,25)/b8-7-. The summed E-state index contributed by atoms with van der Waals surface area (Å²) >= 11 is 1.58. The molecule has 0 radical (unpaired) electrons. The van der Waals surface area contributed by atoms with E-state index in [1.54, 1.807) is 11.3 Å². The third-order valence-electron chi connectivity index (χ3n) is 4.61. The number of hydrogen-bond donors (Lipinski definition) is 2. The molecule has 0 spiro atoms. The smallest absolute Gasteiger partial charge is 0.188 e. The van der Waals surface area contributed by atoms with Crippen LogP contribution in [0.2, 0.25) is 0 Å². The second-order valence-electron chi connectivity index (χ2n) is 6.81. The first-order valence-electron chi connectivity index (χ1n) is 9.40. The van der Waals surface area contributed by atoms with Crippen LogP contribution in [-0.4, -0.2) is 39.3 Å². The van der Waals surface area contributed by atoms with Crippen LogP contribution in [0.25, 0.3) is 12.2 Å². The molecule has 3 heterocycles. The van der Waals surface area contributed by atoms with Gasteiger partial charge in [-0.2, -0.15) is 0 Å². The Morgan fingerprint density at radius 3 is 2.71 bits per heavy atom. The normalized spacial score (nSPS) is 15.3. The molecule has 0 atom stereocenters. The summed E-state index contributed by atoms with van der Waals surface area (Å²) < 4.78 is 0. The molecular weight excluding hydrogens is 370 g/mol. The summed E-state index contributed by atoms with van der Waals surface area (Å²) in [6.45, 7) is 3.51. The van der Waals surface area contributed by atoms with E-state index in [1.165, 1.54) is 0 Å². The Morgan fingerprint density at radius 1 is 1.14 bits per heavy atom. The molecule has 1 aliphatic heterocycles. The molecule has 3 aromatic rings. The van der Waals surface area contributed by atoms with Gasteiger partial charge in [0.25, 0.3) is 0 Å². The van der Waals surface area contributed by atoms with E-state index >= 15 is 0 Å². The number of nitrogens with one attached hydrogen (secondary N) is 1. The minimum absolute atomic E-state index is 0.200. The highest BCUT2D eigenvalue weighted by Crippen LogP contribution is 2.26. The van der Waals surface area contributed by atoms with Gasteiger partial charge in [0.2, 0.25) is 0 Å². The molecule has 144 valence electrons. The number of rotatable bonds is 5. The summed E-state index contributed by atoms with van der Waals surface area (Å²) in [5.74, 6) is 2.34. The zero-order valence-electron chi connectivity index (χ0n) is 15.7. The van der Waals surface area contributed by atoms with Crippen molar-refractivity contribution in [1.29, 1.82) is 0 Å². The number of piperidine rings is 1. The van der Waals surface area contributed by atoms with E-state index in [0.717, 1.165) is 53.1 Å². The minimum atomic E-state index is -0.200. The largest absolute Gasteiger partial charge is 0.393 e. The average Bonchev–Trinajstić information content (AvgIpc) is 3.14. The van der Waals surface area contributed by atoms with Crippen molar-refractivity contribution in [2.45, 2.75) is 25.9 Å². The molecule has 0 amide bonds. The van der Waals surface area contributed by atoms with Crippen LogP contribution < -0.4 is 10.2 Å². The maximum Gasteiger partial charge on any atom is 0.188 e. The number of anilines is 3. The number of hydrogen-bond acceptors (Lipinski definition) is 7. The molecule has 2 N–H and O–H groups in total. The zero-order valence-corrected chi connectivity index (χ0v) is 16.6. The summed E-state index contributed by atoms with van der Waals surface area (Å²) in [7, 11) is 0. The number of aliphatic hydroxyl groups excluding tert-OH is 1. The monoisotopic (exact) mass is 393 g/mol. The third kappa shape index (κ3) is 4.74. The molecule has 1 aliphatic rings. The van der Waals surface area contributed by atoms with Crippen LogP contribution in [-0.2, 0) is 0 Å². The zero-order chi connectivity index (χ0) is 19.3. The van der Waals surface area contributed by atoms with Crippen molar-refractivity contribution in [3.8, 4) is 0 Å². The van der Waals surface area contributed by atoms with Gasteiger partial charge in [0, 0.05) is 30.2 Å². The number of aryl methyl sites for hydroxylation is 1. The van der Waals surface area contributed by atoms with Crippen molar-refractivity contribution < 1.29 is 5.11 Å². The molecule has 2 aromatic heterocycles. The fraction of sp³-hybridized carbons (Fsp3) is 0.286. The number of aromatic nitrogens is 3. The van der Waals surface area contributed by atoms with Gasteiger partial charge in [0.1, 0.15) is 17.5 Å². The van der Waals surface area contributed by atoms with Gasteiger partial charge in [-0.1, -0.05) is 47.7 Å². The quantitative estimate of drug-likeness (QED) is 0.679. The Bertz CT molecular complexity index is 948. The van der Waals surface area contributed by atoms with Crippen molar-refractivity contribution >= 4 is 40.3 Å². The first kappa shape index (κ1) is 18.6. The fourth-order valence-electron chi connectivity index (χ4n) is 3.15. The van der Waals surface area contributed by atoms with Gasteiger partial charge in [0.05, 0.1) is 6.10 Å². The Hall–Kier alpha value is -2.77. The highest BCUT2D eigenvalue weighted by molar-refractivity contribution is 7.16. The summed E-state index contributed by atoms with van der Waals surface area (Å²) in [6.07, 6.45) is 7.34. The summed E-state index contributed by atoms with van der Waals surface area (Å²) in [6, 6.07) is 12.2. The fourth-order valence-corrected chi connectivity index (χ4v) is 3.87. The maximum atomic E-state index is 9.71. The number of nitrogens with zero attached hydrogens (tertiary/aromatic N) is 4. The Balaban J connectivity index is 1.46. The van der Waals surface area contributed by atoms with Gasteiger partial charge < -0.3 is 15.3 Å². The molecule has 1 fully saturated rings. The topological polar surface area (TPSA) is 74.2 Å². The van der Waals surface area contributed by atoms with Crippen molar-refractivity contribution in [3.05, 3.63) is 58.9 Å². The van der Waals surface area contributed by atoms with Crippen molar-refractivity contribution in [1.82, 2.24) is 15.0 Å². The molecule has 0 unspecified atom stereocenters. The van der Waals surface area contributed by atoms with Crippen molar-refractivity contribution in [2.75, 3.05) is 23.3 Å². The van der Waals surface area contributed by atoms with Gasteiger partial charge in [-0.3, -0.25) is 0 Å². The molecule has 4 rings (SSSR count). The van der Waals surface area contributed by atoms with E-state index < -0.39 is 0 Å². The number of benzene rings is 1. The molecule has 0 saturated carbocycles. The summed E-state index contributed by atoms with van der Waals surface area (Å²) in [5.41, 5.74) is 1.16. The van der Waals surface area contributed by atoms with Crippen molar-refractivity contribution in [3.63, 3.8) is 0 Å². The van der Waals surface area contributed by atoms with Gasteiger partial charge in [-0.25, -0.2) is 15.0 Å². The maximum absolute atomic E-state index is 9.71. The molecule has 0 bridgehead atoms. The van der Waals surface area contributed by atoms with Crippen LogP contribution in [0.4, 0.5) is 16.8 Å². The van der Waals surface area contributed by atoms with Crippen LogP contribution in [0.15, 0.2) is 42.6 Å². The first-order chi connectivity index (χ1) is 13.7. The van der Waals surface area contributed by atoms with Gasteiger partial charge >= 0.3 is 0 Å². The SMILES string of the molecule is Cc1nc(Nc2ncc(/C=C\c3ccccc3)s2)cc(N2CCC(O)CC2)n1. The van der Waals surface area contributed by atoms with Gasteiger partial charge in [-0.15, -0.1) is 0 Å². The average molecular weight is 394 g/mol. The van der Waals surface area contributed by atoms with E-state index in [4.69, 9.17) is 0 Å². The highest BCUT2D eigenvalue weighted by atomic mass is 32.1. The van der Waals surface area contributed by atoms with E-state index in [2.05, 4.69) is 49.5 Å². The molecule has 28 heavy (non-hydrogen) atoms. The molecule has 1 saturated heterocycles. The van der Waals surface area contributed by atoms with Crippen molar-refractivity contribution in [2.24, 2.45) is 0 Å². The lowest BCUT2D eigenvalue weighted by atomic mass is 10.1. The Morgan fingerprint density at radius 2 is 1.93 bits per heavy atom. The lowest BCUT2D eigenvalue weighted by Crippen LogP contribution is -2.36. The summed E-state index contributed by atoms with van der Waals surface area (Å²) in [4.78, 5) is 16.8. The van der Waals surface area contributed by atoms with Gasteiger partial charge in [-0.05, 0) is 31.4 Å². The highest BCUT2D eigenvalue weighted by Gasteiger charge is 2.19. The summed E-state index contributed by atoms with van der Waals surface area (Å²) in [5, 5.41) is 13.8. The minimum Gasteiger partial charge on any atom is -0.393 e. The van der Waals surface area contributed by atoms with E-state index in [0.29, 0.717) is 5.82 Å². The molecule has 1 aromatic carbocycles. The van der Waals surface area contributed by atoms with Crippen LogP contribution in [0, 0.1) is 6.92 Å². The van der Waals surface area contributed by atoms with E-state index in [-0.39, 0.29) is 6.10 Å². The number of aliphatic hydroxyl groups is 1. The van der Waals surface area contributed by atoms with Crippen LogP contribution in [0.5, 0.6) is 0 Å². The Kier molecular flexibility index (Phi) is 5.64. The lowest BCUT2D eigenvalue weighted by molar-refractivity contribution is 0.145. The molecule has 6 nitrogen and oxygen atoms in total. The predicted octanol–water partition coefficient (Wildman–Crippen LogP) is 4.12. The lowest BCUT2D eigenvalue weighted by Gasteiger charge is -2.30. The van der Waals surface area contributed by atoms with E-state index in [1.807, 2.05) is 37.4 Å². The van der Waals surface area contributed by atoms with E-state index in [9.17, 15) is 5.11 Å². The third-order valence-corrected chi connectivity index (χ3v) is 5.49. The second-order valence-corrected chi connectivity index (χ2v) is 7.88. The molecule has 0 aliphatic carbocycles. The first-order valence-corrected chi connectivity index (χ1v) is 10.2. The second kappa shape index (κ2) is 8.50. The molecular formula is C21H23N5OS. The van der Waals surface area contributed by atoms with Crippen LogP contribution >= 0.6 is 11.3 Å². The van der Waals surface area contributed by atoms with Crippen LogP contribution in [0.3, 0.4) is 0 Å². The number of thiazole rings is 1. The predicted molar refractivity (Wildman–Crippen MR) is 115 cm³/mol.